The van der Waals surface area contributed by atoms with E-state index in [0.717, 1.165) is 39.8 Å². The minimum absolute atomic E-state index is 0.551. The first-order valence-corrected chi connectivity index (χ1v) is 22.0. The highest BCUT2D eigenvalue weighted by Gasteiger charge is 2.46. The van der Waals surface area contributed by atoms with Crippen LogP contribution in [0.4, 0.5) is 34.1 Å². The number of anilines is 6. The zero-order chi connectivity index (χ0) is 42.5. The highest BCUT2D eigenvalue weighted by molar-refractivity contribution is 6.10. The summed E-state index contributed by atoms with van der Waals surface area (Å²) in [6.45, 7) is 0. The van der Waals surface area contributed by atoms with Crippen LogP contribution < -0.4 is 9.80 Å². The van der Waals surface area contributed by atoms with Crippen LogP contribution in [0.2, 0.25) is 0 Å². The predicted molar refractivity (Wildman–Crippen MR) is 267 cm³/mol. The molecule has 3 nitrogen and oxygen atoms in total. The summed E-state index contributed by atoms with van der Waals surface area (Å²) in [7, 11) is 0. The summed E-state index contributed by atoms with van der Waals surface area (Å²) in [5, 5.41) is 2.45. The van der Waals surface area contributed by atoms with Crippen molar-refractivity contribution >= 4 is 55.9 Å². The van der Waals surface area contributed by atoms with Gasteiger partial charge in [-0.2, -0.15) is 0 Å². The van der Waals surface area contributed by atoms with Gasteiger partial charge in [-0.1, -0.05) is 164 Å². The van der Waals surface area contributed by atoms with Gasteiger partial charge in [-0.25, -0.2) is 0 Å². The van der Waals surface area contributed by atoms with E-state index in [1.807, 2.05) is 0 Å². The molecule has 12 rings (SSSR count). The number of hydrogen-bond acceptors (Lipinski definition) is 2. The summed E-state index contributed by atoms with van der Waals surface area (Å²) < 4.78 is 2.38. The van der Waals surface area contributed by atoms with Crippen molar-refractivity contribution in [1.82, 2.24) is 4.57 Å². The lowest BCUT2D eigenvalue weighted by Gasteiger charge is -2.35. The molecule has 64 heavy (non-hydrogen) atoms. The molecule has 0 amide bonds. The molecule has 3 heteroatoms. The van der Waals surface area contributed by atoms with Gasteiger partial charge in [-0.05, 0) is 130 Å². The van der Waals surface area contributed by atoms with Crippen molar-refractivity contribution in [1.29, 1.82) is 0 Å². The van der Waals surface area contributed by atoms with Crippen LogP contribution in [0.15, 0.2) is 261 Å². The van der Waals surface area contributed by atoms with Gasteiger partial charge >= 0.3 is 0 Å². The van der Waals surface area contributed by atoms with Crippen LogP contribution in [-0.4, -0.2) is 4.57 Å². The second-order valence-electron chi connectivity index (χ2n) is 16.5. The summed E-state index contributed by atoms with van der Waals surface area (Å²) in [5.41, 5.74) is 17.2. The quantitative estimate of drug-likeness (QED) is 0.144. The third-order valence-corrected chi connectivity index (χ3v) is 13.0. The number of hydrogen-bond donors (Lipinski definition) is 0. The number of rotatable bonds is 9. The Kier molecular flexibility index (Phi) is 9.05. The minimum Gasteiger partial charge on any atom is -0.311 e. The van der Waals surface area contributed by atoms with Crippen LogP contribution in [0.1, 0.15) is 22.3 Å². The molecule has 0 spiro atoms. The molecule has 0 fully saturated rings. The van der Waals surface area contributed by atoms with Crippen LogP contribution in [0.3, 0.4) is 0 Å². The van der Waals surface area contributed by atoms with E-state index in [-0.39, 0.29) is 0 Å². The van der Waals surface area contributed by atoms with Gasteiger partial charge in [0.25, 0.3) is 0 Å². The molecule has 0 radical (unpaired) electrons. The third kappa shape index (κ3) is 5.97. The maximum atomic E-state index is 2.39. The van der Waals surface area contributed by atoms with E-state index in [0.29, 0.717) is 0 Å². The normalized spacial score (nSPS) is 12.5. The van der Waals surface area contributed by atoms with E-state index in [1.165, 1.54) is 55.2 Å². The van der Waals surface area contributed by atoms with Crippen LogP contribution >= 0.6 is 0 Å². The van der Waals surface area contributed by atoms with Crippen LogP contribution in [-0.2, 0) is 5.41 Å². The van der Waals surface area contributed by atoms with Crippen LogP contribution in [0.5, 0.6) is 0 Å². The lowest BCUT2D eigenvalue weighted by molar-refractivity contribution is 0.768. The van der Waals surface area contributed by atoms with Gasteiger partial charge in [-0.15, -0.1) is 0 Å². The van der Waals surface area contributed by atoms with Crippen molar-refractivity contribution in [3.8, 4) is 16.8 Å². The molecular weight excluding hydrogens is 775 g/mol. The Morgan fingerprint density at radius 2 is 0.656 bits per heavy atom. The fraction of sp³-hybridized carbons (Fsp3) is 0.0164. The third-order valence-electron chi connectivity index (χ3n) is 13.0. The highest BCUT2D eigenvalue weighted by atomic mass is 15.1. The first-order valence-electron chi connectivity index (χ1n) is 22.0. The Morgan fingerprint density at radius 3 is 1.17 bits per heavy atom. The number of benzene rings is 10. The Morgan fingerprint density at radius 1 is 0.281 bits per heavy atom. The zero-order valence-corrected chi connectivity index (χ0v) is 35.2. The summed E-state index contributed by atoms with van der Waals surface area (Å²) in [5.74, 6) is 0. The molecule has 11 aromatic rings. The van der Waals surface area contributed by atoms with E-state index in [2.05, 4.69) is 275 Å². The zero-order valence-electron chi connectivity index (χ0n) is 35.2. The molecule has 0 unspecified atom stereocenters. The van der Waals surface area contributed by atoms with Gasteiger partial charge in [0.2, 0.25) is 0 Å². The maximum Gasteiger partial charge on any atom is 0.0713 e. The monoisotopic (exact) mass is 817 g/mol. The first kappa shape index (κ1) is 37.4. The second-order valence-corrected chi connectivity index (χ2v) is 16.5. The molecule has 0 bridgehead atoms. The van der Waals surface area contributed by atoms with E-state index in [9.17, 15) is 0 Å². The highest BCUT2D eigenvalue weighted by Crippen LogP contribution is 2.56. The molecular formula is C61H43N3. The number of nitrogens with zero attached hydrogens (tertiary/aromatic N) is 3. The van der Waals surface area contributed by atoms with E-state index in [1.54, 1.807) is 0 Å². The Hall–Kier alpha value is -8.40. The molecule has 1 aromatic heterocycles. The fourth-order valence-electron chi connectivity index (χ4n) is 10.3. The largest absolute Gasteiger partial charge is 0.311 e. The van der Waals surface area contributed by atoms with Gasteiger partial charge in [0.15, 0.2) is 0 Å². The summed E-state index contributed by atoms with van der Waals surface area (Å²) in [4.78, 5) is 4.72. The molecule has 1 aliphatic rings. The van der Waals surface area contributed by atoms with Crippen molar-refractivity contribution in [3.63, 3.8) is 0 Å². The molecule has 0 N–H and O–H groups in total. The average Bonchev–Trinajstić information content (AvgIpc) is 3.87. The SMILES string of the molecule is c1ccc(N(c2ccccc2)c2ccc(C3(c4ccc(N(c5ccccc5)c5ccc6c(c5)c5ccccc5n6-c5ccccc5)cc4)c4ccccc4-c4ccccc43)cc2)cc1. The number of fused-ring (bicyclic) bond motifs is 6. The lowest BCUT2D eigenvalue weighted by atomic mass is 9.67. The molecule has 0 atom stereocenters. The van der Waals surface area contributed by atoms with E-state index >= 15 is 0 Å². The second kappa shape index (κ2) is 15.5. The number of aromatic nitrogens is 1. The van der Waals surface area contributed by atoms with Crippen molar-refractivity contribution in [2.75, 3.05) is 9.80 Å². The summed E-state index contributed by atoms with van der Waals surface area (Å²) in [6.07, 6.45) is 0. The topological polar surface area (TPSA) is 11.4 Å². The Labute approximate surface area is 374 Å². The van der Waals surface area contributed by atoms with E-state index < -0.39 is 5.41 Å². The van der Waals surface area contributed by atoms with Gasteiger partial charge in [0, 0.05) is 50.6 Å². The summed E-state index contributed by atoms with van der Waals surface area (Å²) in [6, 6.07) is 94.9. The predicted octanol–water partition coefficient (Wildman–Crippen LogP) is 16.1. The van der Waals surface area contributed by atoms with Gasteiger partial charge in [0.05, 0.1) is 16.4 Å². The van der Waals surface area contributed by atoms with Gasteiger partial charge in [-0.3, -0.25) is 0 Å². The molecule has 1 aliphatic carbocycles. The number of para-hydroxylation sites is 5. The molecule has 0 saturated heterocycles. The smallest absolute Gasteiger partial charge is 0.0713 e. The van der Waals surface area contributed by atoms with Crippen molar-refractivity contribution < 1.29 is 0 Å². The fourth-order valence-corrected chi connectivity index (χ4v) is 10.3. The molecule has 0 saturated carbocycles. The molecule has 1 heterocycles. The van der Waals surface area contributed by atoms with Crippen LogP contribution in [0, 0.1) is 0 Å². The standard InChI is InChI=1S/C61H43N3/c1-5-19-46(20-6-1)62(47-21-7-2-8-22-47)50-37-33-44(34-38-50)61(57-30-16-13-27-53(57)54-28-14-17-31-58(54)61)45-35-39-51(40-36-45)63(48-23-9-3-10-24-48)52-41-42-60-56(43-52)55-29-15-18-32-59(55)64(60)49-25-11-4-12-26-49/h1-43H. The maximum absolute atomic E-state index is 2.39. The average molecular weight is 818 g/mol. The first-order chi connectivity index (χ1) is 31.8. The minimum atomic E-state index is -0.551. The van der Waals surface area contributed by atoms with Crippen LogP contribution in [0.25, 0.3) is 38.6 Å². The molecule has 0 aliphatic heterocycles. The van der Waals surface area contributed by atoms with Crippen molar-refractivity contribution in [2.45, 2.75) is 5.41 Å². The van der Waals surface area contributed by atoms with E-state index in [4.69, 9.17) is 0 Å². The molecule has 302 valence electrons. The molecule has 10 aromatic carbocycles. The Balaban J connectivity index is 1.02. The van der Waals surface area contributed by atoms with Crippen molar-refractivity contribution in [3.05, 3.63) is 283 Å². The summed E-state index contributed by atoms with van der Waals surface area (Å²) >= 11 is 0. The Bertz CT molecular complexity index is 3330. The van der Waals surface area contributed by atoms with Gasteiger partial charge in [0.1, 0.15) is 0 Å². The van der Waals surface area contributed by atoms with Gasteiger partial charge < -0.3 is 14.4 Å². The lowest BCUT2D eigenvalue weighted by Crippen LogP contribution is -2.28. The van der Waals surface area contributed by atoms with Crippen molar-refractivity contribution in [2.24, 2.45) is 0 Å².